The summed E-state index contributed by atoms with van der Waals surface area (Å²) in [6.07, 6.45) is 0. The highest BCUT2D eigenvalue weighted by molar-refractivity contribution is 7.99. The number of hydrogen-bond donors (Lipinski definition) is 1. The van der Waals surface area contributed by atoms with Crippen LogP contribution >= 0.6 is 23.1 Å². The van der Waals surface area contributed by atoms with Crippen LogP contribution in [-0.4, -0.2) is 21.6 Å². The molecule has 2 heterocycles. The molecule has 142 valence electrons. The predicted molar refractivity (Wildman–Crippen MR) is 118 cm³/mol. The van der Waals surface area contributed by atoms with Crippen LogP contribution in [-0.2, 0) is 4.79 Å². The minimum absolute atomic E-state index is 0.106. The molecule has 5 rings (SSSR count). The third-order valence-corrected chi connectivity index (χ3v) is 6.22. The van der Waals surface area contributed by atoms with Gasteiger partial charge in [0.15, 0.2) is 5.58 Å². The first-order valence-electron chi connectivity index (χ1n) is 8.99. The normalized spacial score (nSPS) is 11.2. The molecule has 0 aliphatic rings. The third-order valence-electron chi connectivity index (χ3n) is 4.31. The van der Waals surface area contributed by atoms with Crippen molar-refractivity contribution in [3.63, 3.8) is 0 Å². The van der Waals surface area contributed by atoms with Gasteiger partial charge in [-0.25, -0.2) is 9.97 Å². The van der Waals surface area contributed by atoms with Crippen molar-refractivity contribution in [2.45, 2.75) is 5.22 Å². The first-order valence-corrected chi connectivity index (χ1v) is 10.8. The fourth-order valence-electron chi connectivity index (χ4n) is 2.93. The standard InChI is InChI=1S/C22H15N3O2S2/c26-20(13-28-22-25-16-5-1-3-7-18(16)27-22)23-15-11-9-14(10-12-15)21-24-17-6-2-4-8-19(17)29-21/h1-12H,13H2,(H,23,26). The van der Waals surface area contributed by atoms with E-state index >= 15 is 0 Å². The van der Waals surface area contributed by atoms with Crippen LogP contribution < -0.4 is 5.32 Å². The van der Waals surface area contributed by atoms with E-state index in [0.29, 0.717) is 5.22 Å². The van der Waals surface area contributed by atoms with Crippen molar-refractivity contribution in [1.82, 2.24) is 9.97 Å². The van der Waals surface area contributed by atoms with Crippen molar-refractivity contribution in [3.05, 3.63) is 72.8 Å². The zero-order chi connectivity index (χ0) is 19.6. The van der Waals surface area contributed by atoms with Crippen LogP contribution in [0.4, 0.5) is 5.69 Å². The lowest BCUT2D eigenvalue weighted by Crippen LogP contribution is -2.13. The molecule has 3 aromatic carbocycles. The van der Waals surface area contributed by atoms with Gasteiger partial charge in [-0.3, -0.25) is 4.79 Å². The van der Waals surface area contributed by atoms with Crippen LogP contribution in [0.2, 0.25) is 0 Å². The zero-order valence-electron chi connectivity index (χ0n) is 15.2. The molecule has 0 atom stereocenters. The molecule has 0 unspecified atom stereocenters. The zero-order valence-corrected chi connectivity index (χ0v) is 16.8. The molecule has 0 saturated heterocycles. The number of aromatic nitrogens is 2. The van der Waals surface area contributed by atoms with Crippen LogP contribution in [0.3, 0.4) is 0 Å². The number of nitrogens with zero attached hydrogens (tertiary/aromatic N) is 2. The Labute approximate surface area is 174 Å². The number of hydrogen-bond acceptors (Lipinski definition) is 6. The summed E-state index contributed by atoms with van der Waals surface area (Å²) in [7, 11) is 0. The number of thiazole rings is 1. The van der Waals surface area contributed by atoms with Crippen LogP contribution in [0.25, 0.3) is 31.9 Å². The third kappa shape index (κ3) is 3.87. The number of carbonyl (C=O) groups excluding carboxylic acids is 1. The Morgan fingerprint density at radius 1 is 0.931 bits per heavy atom. The van der Waals surface area contributed by atoms with Crippen molar-refractivity contribution in [3.8, 4) is 10.6 Å². The molecule has 2 aromatic heterocycles. The number of fused-ring (bicyclic) bond motifs is 2. The second kappa shape index (κ2) is 7.69. The predicted octanol–water partition coefficient (Wildman–Crippen LogP) is 5.84. The number of amides is 1. The number of anilines is 1. The molecular formula is C22H15N3O2S2. The molecule has 0 aliphatic heterocycles. The van der Waals surface area contributed by atoms with Gasteiger partial charge < -0.3 is 9.73 Å². The van der Waals surface area contributed by atoms with E-state index in [9.17, 15) is 4.79 Å². The van der Waals surface area contributed by atoms with Gasteiger partial charge in [0.1, 0.15) is 10.5 Å². The fourth-order valence-corrected chi connectivity index (χ4v) is 4.54. The van der Waals surface area contributed by atoms with E-state index in [1.807, 2.05) is 66.7 Å². The minimum atomic E-state index is -0.106. The van der Waals surface area contributed by atoms with Gasteiger partial charge in [-0.05, 0) is 48.5 Å². The first kappa shape index (κ1) is 17.9. The van der Waals surface area contributed by atoms with E-state index < -0.39 is 0 Å². The molecule has 1 amide bonds. The topological polar surface area (TPSA) is 68.0 Å². The van der Waals surface area contributed by atoms with Gasteiger partial charge in [0.25, 0.3) is 5.22 Å². The average molecular weight is 418 g/mol. The largest absolute Gasteiger partial charge is 0.431 e. The van der Waals surface area contributed by atoms with Gasteiger partial charge in [-0.1, -0.05) is 36.0 Å². The monoisotopic (exact) mass is 417 g/mol. The number of oxazole rings is 1. The van der Waals surface area contributed by atoms with Crippen molar-refractivity contribution in [1.29, 1.82) is 0 Å². The van der Waals surface area contributed by atoms with Crippen LogP contribution in [0.5, 0.6) is 0 Å². The van der Waals surface area contributed by atoms with Crippen molar-refractivity contribution < 1.29 is 9.21 Å². The Hall–Kier alpha value is -3.16. The van der Waals surface area contributed by atoms with Crippen molar-refractivity contribution in [2.24, 2.45) is 0 Å². The number of rotatable bonds is 5. The van der Waals surface area contributed by atoms with Gasteiger partial charge in [0.05, 0.1) is 16.0 Å². The Balaban J connectivity index is 1.22. The number of benzene rings is 3. The van der Waals surface area contributed by atoms with E-state index in [1.54, 1.807) is 11.3 Å². The second-order valence-corrected chi connectivity index (χ2v) is 8.31. The van der Waals surface area contributed by atoms with Crippen LogP contribution in [0, 0.1) is 0 Å². The Bertz CT molecular complexity index is 1240. The lowest BCUT2D eigenvalue weighted by Gasteiger charge is -2.05. The summed E-state index contributed by atoms with van der Waals surface area (Å²) in [4.78, 5) is 21.3. The van der Waals surface area contributed by atoms with Gasteiger partial charge in [-0.15, -0.1) is 11.3 Å². The van der Waals surface area contributed by atoms with Crippen molar-refractivity contribution >= 4 is 56.0 Å². The quantitative estimate of drug-likeness (QED) is 0.364. The van der Waals surface area contributed by atoms with Gasteiger partial charge >= 0.3 is 0 Å². The Kier molecular flexibility index (Phi) is 4.75. The highest BCUT2D eigenvalue weighted by Crippen LogP contribution is 2.30. The molecule has 0 radical (unpaired) electrons. The van der Waals surface area contributed by atoms with Gasteiger partial charge in [0.2, 0.25) is 5.91 Å². The van der Waals surface area contributed by atoms with E-state index in [-0.39, 0.29) is 11.7 Å². The SMILES string of the molecule is O=C(CSc1nc2ccccc2o1)Nc1ccc(-c2nc3ccccc3s2)cc1. The molecular weight excluding hydrogens is 402 g/mol. The second-order valence-electron chi connectivity index (χ2n) is 6.35. The van der Waals surface area contributed by atoms with E-state index in [1.165, 1.54) is 11.8 Å². The molecule has 29 heavy (non-hydrogen) atoms. The highest BCUT2D eigenvalue weighted by atomic mass is 32.2. The summed E-state index contributed by atoms with van der Waals surface area (Å²) in [5.41, 5.74) is 4.30. The summed E-state index contributed by atoms with van der Waals surface area (Å²) in [5, 5.41) is 4.37. The smallest absolute Gasteiger partial charge is 0.257 e. The van der Waals surface area contributed by atoms with Crippen LogP contribution in [0.15, 0.2) is 82.4 Å². The lowest BCUT2D eigenvalue weighted by molar-refractivity contribution is -0.113. The number of carbonyl (C=O) groups is 1. The molecule has 0 bridgehead atoms. The summed E-state index contributed by atoms with van der Waals surface area (Å²) in [6.45, 7) is 0. The highest BCUT2D eigenvalue weighted by Gasteiger charge is 2.10. The summed E-state index contributed by atoms with van der Waals surface area (Å²) >= 11 is 2.94. The fraction of sp³-hybridized carbons (Fsp3) is 0.0455. The molecule has 7 heteroatoms. The molecule has 0 aliphatic carbocycles. The van der Waals surface area contributed by atoms with Crippen molar-refractivity contribution in [2.75, 3.05) is 11.1 Å². The van der Waals surface area contributed by atoms with E-state index in [2.05, 4.69) is 21.4 Å². The molecule has 5 aromatic rings. The van der Waals surface area contributed by atoms with E-state index in [0.717, 1.165) is 37.6 Å². The maximum absolute atomic E-state index is 12.3. The molecule has 5 nitrogen and oxygen atoms in total. The Morgan fingerprint density at radius 3 is 2.48 bits per heavy atom. The summed E-state index contributed by atoms with van der Waals surface area (Å²) in [6, 6.07) is 23.4. The number of para-hydroxylation sites is 3. The summed E-state index contributed by atoms with van der Waals surface area (Å²) in [5.74, 6) is 0.122. The molecule has 0 fully saturated rings. The van der Waals surface area contributed by atoms with Crippen LogP contribution in [0.1, 0.15) is 0 Å². The van der Waals surface area contributed by atoms with Gasteiger partial charge in [-0.2, -0.15) is 0 Å². The summed E-state index contributed by atoms with van der Waals surface area (Å²) < 4.78 is 6.79. The van der Waals surface area contributed by atoms with Gasteiger partial charge in [0, 0.05) is 11.3 Å². The number of nitrogens with one attached hydrogen (secondary N) is 1. The number of thioether (sulfide) groups is 1. The molecule has 0 saturated carbocycles. The maximum Gasteiger partial charge on any atom is 0.257 e. The first-order chi connectivity index (χ1) is 14.2. The average Bonchev–Trinajstić information content (AvgIpc) is 3.36. The maximum atomic E-state index is 12.3. The molecule has 0 spiro atoms. The Morgan fingerprint density at radius 2 is 1.69 bits per heavy atom. The van der Waals surface area contributed by atoms with E-state index in [4.69, 9.17) is 4.42 Å². The lowest BCUT2D eigenvalue weighted by atomic mass is 10.2. The minimum Gasteiger partial charge on any atom is -0.431 e. The molecule has 1 N–H and O–H groups in total.